The van der Waals surface area contributed by atoms with Crippen LogP contribution in [0, 0.1) is 0 Å². The molecule has 17 heavy (non-hydrogen) atoms. The Kier molecular flexibility index (Phi) is 4.56. The molecule has 96 valence electrons. The van der Waals surface area contributed by atoms with E-state index < -0.39 is 16.5 Å². The Morgan fingerprint density at radius 1 is 1.53 bits per heavy atom. The Labute approximate surface area is 105 Å². The average Bonchev–Trinajstić information content (AvgIpc) is 2.53. The molecule has 1 heterocycles. The number of hydrogen-bond acceptors (Lipinski definition) is 4. The molecule has 3 atom stereocenters. The highest BCUT2D eigenvalue weighted by atomic mass is 32.2. The van der Waals surface area contributed by atoms with Crippen molar-refractivity contribution in [1.82, 2.24) is 4.90 Å². The highest BCUT2D eigenvalue weighted by Gasteiger charge is 2.42. The Morgan fingerprint density at radius 2 is 2.12 bits per heavy atom. The molecule has 0 saturated carbocycles. The van der Waals surface area contributed by atoms with Crippen molar-refractivity contribution in [3.05, 3.63) is 0 Å². The van der Waals surface area contributed by atoms with E-state index in [1.54, 1.807) is 0 Å². The summed E-state index contributed by atoms with van der Waals surface area (Å²) in [6.45, 7) is 5.26. The fourth-order valence-electron chi connectivity index (χ4n) is 1.68. The molecule has 1 saturated heterocycles. The van der Waals surface area contributed by atoms with E-state index >= 15 is 0 Å². The molecule has 5 nitrogen and oxygen atoms in total. The molecule has 3 unspecified atom stereocenters. The van der Waals surface area contributed by atoms with Crippen molar-refractivity contribution in [2.45, 2.75) is 50.2 Å². The number of imide groups is 1. The molecule has 0 radical (unpaired) electrons. The molecule has 1 aliphatic rings. The topological polar surface area (TPSA) is 74.7 Å². The second-order valence-electron chi connectivity index (χ2n) is 4.17. The van der Waals surface area contributed by atoms with Gasteiger partial charge in [0.15, 0.2) is 0 Å². The highest BCUT2D eigenvalue weighted by molar-refractivity contribution is 8.01. The highest BCUT2D eigenvalue weighted by Crippen LogP contribution is 2.30. The number of likely N-dealkylation sites (tertiary alicyclic amines) is 1. The summed E-state index contributed by atoms with van der Waals surface area (Å²) in [7, 11) is 0. The zero-order valence-corrected chi connectivity index (χ0v) is 11.0. The van der Waals surface area contributed by atoms with E-state index in [0.717, 1.165) is 11.8 Å². The lowest BCUT2D eigenvalue weighted by Crippen LogP contribution is -2.38. The van der Waals surface area contributed by atoms with Gasteiger partial charge in [-0.05, 0) is 20.3 Å². The maximum Gasteiger partial charge on any atom is 0.316 e. The molecule has 0 spiro atoms. The Balaban J connectivity index is 2.71. The van der Waals surface area contributed by atoms with E-state index in [4.69, 9.17) is 5.11 Å². The van der Waals surface area contributed by atoms with E-state index in [0.29, 0.717) is 6.42 Å². The standard InChI is InChI=1S/C11H17NO4S/c1-4-6(2)12-9(13)5-8(10(12)14)17-7(3)11(15)16/h6-8H,4-5H2,1-3H3,(H,15,16). The van der Waals surface area contributed by atoms with Crippen molar-refractivity contribution < 1.29 is 19.5 Å². The van der Waals surface area contributed by atoms with Gasteiger partial charge in [-0.25, -0.2) is 0 Å². The van der Waals surface area contributed by atoms with Gasteiger partial charge in [0, 0.05) is 12.5 Å². The van der Waals surface area contributed by atoms with Crippen molar-refractivity contribution in [2.75, 3.05) is 0 Å². The number of carboxylic acid groups (broad SMARTS) is 1. The third kappa shape index (κ3) is 3.00. The first-order valence-corrected chi connectivity index (χ1v) is 6.56. The summed E-state index contributed by atoms with van der Waals surface area (Å²) >= 11 is 1.05. The van der Waals surface area contributed by atoms with Crippen molar-refractivity contribution in [3.8, 4) is 0 Å². The number of carbonyl (C=O) groups excluding carboxylic acids is 2. The fraction of sp³-hybridized carbons (Fsp3) is 0.727. The van der Waals surface area contributed by atoms with Crippen LogP contribution in [0.3, 0.4) is 0 Å². The molecule has 0 aromatic rings. The third-order valence-corrected chi connectivity index (χ3v) is 4.20. The molecule has 0 aliphatic carbocycles. The van der Waals surface area contributed by atoms with Crippen molar-refractivity contribution in [3.63, 3.8) is 0 Å². The predicted octanol–water partition coefficient (Wildman–Crippen LogP) is 1.12. The molecule has 1 rings (SSSR count). The van der Waals surface area contributed by atoms with Crippen LogP contribution in [-0.2, 0) is 14.4 Å². The van der Waals surface area contributed by atoms with Gasteiger partial charge in [0.25, 0.3) is 0 Å². The number of hydrogen-bond donors (Lipinski definition) is 1. The second kappa shape index (κ2) is 5.53. The minimum Gasteiger partial charge on any atom is -0.480 e. The number of nitrogens with zero attached hydrogens (tertiary/aromatic N) is 1. The summed E-state index contributed by atoms with van der Waals surface area (Å²) in [6.07, 6.45) is 0.828. The number of amides is 2. The zero-order chi connectivity index (χ0) is 13.2. The van der Waals surface area contributed by atoms with E-state index in [-0.39, 0.29) is 24.3 Å². The van der Waals surface area contributed by atoms with Crippen LogP contribution in [0.25, 0.3) is 0 Å². The third-order valence-electron chi connectivity index (χ3n) is 2.89. The van der Waals surface area contributed by atoms with Crippen LogP contribution in [0.15, 0.2) is 0 Å². The summed E-state index contributed by atoms with van der Waals surface area (Å²) in [5.74, 6) is -1.40. The average molecular weight is 259 g/mol. The molecule has 0 bridgehead atoms. The van der Waals surface area contributed by atoms with Crippen LogP contribution in [-0.4, -0.2) is 44.3 Å². The number of carboxylic acids is 1. The lowest BCUT2D eigenvalue weighted by Gasteiger charge is -2.21. The van der Waals surface area contributed by atoms with Gasteiger partial charge in [-0.15, -0.1) is 11.8 Å². The first kappa shape index (κ1) is 14.0. The van der Waals surface area contributed by atoms with Gasteiger partial charge in [-0.2, -0.15) is 0 Å². The summed E-state index contributed by atoms with van der Waals surface area (Å²) in [6, 6.07) is -0.110. The monoisotopic (exact) mass is 259 g/mol. The van der Waals surface area contributed by atoms with Gasteiger partial charge in [-0.3, -0.25) is 19.3 Å². The van der Waals surface area contributed by atoms with Gasteiger partial charge >= 0.3 is 5.97 Å². The van der Waals surface area contributed by atoms with Crippen LogP contribution < -0.4 is 0 Å². The minimum atomic E-state index is -0.961. The maximum absolute atomic E-state index is 12.0. The summed E-state index contributed by atoms with van der Waals surface area (Å²) in [5, 5.41) is 7.57. The van der Waals surface area contributed by atoms with Crippen LogP contribution in [0.4, 0.5) is 0 Å². The molecule has 1 fully saturated rings. The molecule has 0 aromatic carbocycles. The summed E-state index contributed by atoms with van der Waals surface area (Å²) in [4.78, 5) is 35.6. The minimum absolute atomic E-state index is 0.110. The smallest absolute Gasteiger partial charge is 0.316 e. The number of aliphatic carboxylic acids is 1. The van der Waals surface area contributed by atoms with Crippen LogP contribution >= 0.6 is 11.8 Å². The number of rotatable bonds is 5. The maximum atomic E-state index is 12.0. The SMILES string of the molecule is CCC(C)N1C(=O)CC(SC(C)C(=O)O)C1=O. The van der Waals surface area contributed by atoms with Gasteiger partial charge in [0.05, 0.1) is 5.25 Å². The quantitative estimate of drug-likeness (QED) is 0.749. The fourth-order valence-corrected chi connectivity index (χ4v) is 2.76. The zero-order valence-electron chi connectivity index (χ0n) is 10.2. The molecule has 6 heteroatoms. The second-order valence-corrected chi connectivity index (χ2v) is 5.72. The summed E-state index contributed by atoms with van der Waals surface area (Å²) < 4.78 is 0. The number of carbonyl (C=O) groups is 3. The Bertz CT molecular complexity index is 344. The largest absolute Gasteiger partial charge is 0.480 e. The van der Waals surface area contributed by atoms with Gasteiger partial charge in [0.2, 0.25) is 11.8 Å². The molecule has 1 aliphatic heterocycles. The molecule has 1 N–H and O–H groups in total. The first-order valence-electron chi connectivity index (χ1n) is 5.62. The number of thioether (sulfide) groups is 1. The van der Waals surface area contributed by atoms with E-state index in [1.165, 1.54) is 11.8 Å². The van der Waals surface area contributed by atoms with E-state index in [9.17, 15) is 14.4 Å². The van der Waals surface area contributed by atoms with Gasteiger partial charge in [0.1, 0.15) is 5.25 Å². The van der Waals surface area contributed by atoms with Gasteiger partial charge in [-0.1, -0.05) is 6.92 Å². The van der Waals surface area contributed by atoms with Crippen LogP contribution in [0.2, 0.25) is 0 Å². The van der Waals surface area contributed by atoms with Crippen molar-refractivity contribution >= 4 is 29.5 Å². The van der Waals surface area contributed by atoms with E-state index in [1.807, 2.05) is 13.8 Å². The summed E-state index contributed by atoms with van der Waals surface area (Å²) in [5.41, 5.74) is 0. The predicted molar refractivity (Wildman–Crippen MR) is 64.7 cm³/mol. The normalized spacial score (nSPS) is 23.9. The van der Waals surface area contributed by atoms with Crippen molar-refractivity contribution in [1.29, 1.82) is 0 Å². The molecular formula is C11H17NO4S. The van der Waals surface area contributed by atoms with E-state index in [2.05, 4.69) is 0 Å². The first-order chi connectivity index (χ1) is 7.88. The van der Waals surface area contributed by atoms with Crippen LogP contribution in [0.5, 0.6) is 0 Å². The molecule has 2 amide bonds. The van der Waals surface area contributed by atoms with Gasteiger partial charge < -0.3 is 5.11 Å². The Hall–Kier alpha value is -1.04. The lowest BCUT2D eigenvalue weighted by atomic mass is 10.2. The molecular weight excluding hydrogens is 242 g/mol. The van der Waals surface area contributed by atoms with Crippen molar-refractivity contribution in [2.24, 2.45) is 0 Å². The van der Waals surface area contributed by atoms with Crippen LogP contribution in [0.1, 0.15) is 33.6 Å². The Morgan fingerprint density at radius 3 is 2.59 bits per heavy atom. The lowest BCUT2D eigenvalue weighted by molar-refractivity contribution is -0.140. The molecule has 0 aromatic heterocycles.